The van der Waals surface area contributed by atoms with Crippen LogP contribution >= 0.6 is 0 Å². The normalized spacial score (nSPS) is 14.4. The van der Waals surface area contributed by atoms with Crippen LogP contribution in [0.25, 0.3) is 11.4 Å². The molecule has 0 spiro atoms. The van der Waals surface area contributed by atoms with E-state index in [4.69, 9.17) is 9.72 Å². The minimum absolute atomic E-state index is 0.0587. The third kappa shape index (κ3) is 8.12. The highest BCUT2D eigenvalue weighted by atomic mass is 16.5. The molecule has 1 saturated heterocycles. The molecular formula is C29H43N5O5. The van der Waals surface area contributed by atoms with Crippen LogP contribution < -0.4 is 0 Å². The van der Waals surface area contributed by atoms with Gasteiger partial charge < -0.3 is 29.1 Å². The summed E-state index contributed by atoms with van der Waals surface area (Å²) in [7, 11) is 3.38. The van der Waals surface area contributed by atoms with Crippen LogP contribution in [0.4, 0.5) is 0 Å². The Morgan fingerprint density at radius 3 is 2.26 bits per heavy atom. The lowest BCUT2D eigenvalue weighted by molar-refractivity contribution is 0.0600. The van der Waals surface area contributed by atoms with Gasteiger partial charge in [0, 0.05) is 57.6 Å². The van der Waals surface area contributed by atoms with E-state index >= 15 is 0 Å². The number of amides is 1. The van der Waals surface area contributed by atoms with Crippen molar-refractivity contribution < 1.29 is 24.2 Å². The van der Waals surface area contributed by atoms with E-state index in [0.29, 0.717) is 36.7 Å². The van der Waals surface area contributed by atoms with E-state index in [1.807, 2.05) is 9.47 Å². The molecule has 10 heteroatoms. The molecule has 0 unspecified atom stereocenters. The summed E-state index contributed by atoms with van der Waals surface area (Å²) in [6, 6.07) is 4.42. The number of hydrogen-bond acceptors (Lipinski definition) is 7. The second-order valence-corrected chi connectivity index (χ2v) is 10.2. The highest BCUT2D eigenvalue weighted by Gasteiger charge is 2.24. The average Bonchev–Trinajstić information content (AvgIpc) is 3.37. The van der Waals surface area contributed by atoms with Crippen LogP contribution in [0, 0.1) is 0 Å². The highest BCUT2D eigenvalue weighted by molar-refractivity contribution is 6.00. The molecule has 214 valence electrons. The Hall–Kier alpha value is -3.24. The maximum absolute atomic E-state index is 13.6. The van der Waals surface area contributed by atoms with Crippen molar-refractivity contribution in [1.82, 2.24) is 24.3 Å². The first-order valence-corrected chi connectivity index (χ1v) is 14.0. The largest absolute Gasteiger partial charge is 0.478 e. The lowest BCUT2D eigenvalue weighted by Crippen LogP contribution is -2.44. The summed E-state index contributed by atoms with van der Waals surface area (Å²) in [5, 5.41) is 9.99. The number of carbonyl (C=O) groups is 3. The minimum atomic E-state index is -1.18. The van der Waals surface area contributed by atoms with Crippen LogP contribution in [0.15, 0.2) is 24.4 Å². The topological polar surface area (TPSA) is 108 Å². The first-order chi connectivity index (χ1) is 18.8. The van der Waals surface area contributed by atoms with Crippen molar-refractivity contribution in [3.63, 3.8) is 0 Å². The molecule has 0 atom stereocenters. The Morgan fingerprint density at radius 1 is 1.00 bits per heavy atom. The lowest BCUT2D eigenvalue weighted by atomic mass is 10.0. The number of aromatic nitrogens is 2. The first-order valence-electron chi connectivity index (χ1n) is 14.0. The fraction of sp³-hybridized carbons (Fsp3) is 0.586. The molecule has 1 aromatic carbocycles. The van der Waals surface area contributed by atoms with Gasteiger partial charge in [0.05, 0.1) is 18.2 Å². The SMILES string of the molecule is CCCCN(CCCC)C(=O)c1cn(CCCN2CCN(C)CC2)c(-c2ccc(C(=O)OC)cc2C(=O)O)n1. The second-order valence-electron chi connectivity index (χ2n) is 10.2. The number of aryl methyl sites for hydroxylation is 1. The molecule has 39 heavy (non-hydrogen) atoms. The van der Waals surface area contributed by atoms with Gasteiger partial charge in [-0.25, -0.2) is 14.6 Å². The van der Waals surface area contributed by atoms with E-state index in [-0.39, 0.29) is 17.0 Å². The van der Waals surface area contributed by atoms with Gasteiger partial charge >= 0.3 is 11.9 Å². The number of imidazole rings is 1. The molecule has 1 aliphatic heterocycles. The van der Waals surface area contributed by atoms with Gasteiger partial charge in [0.15, 0.2) is 0 Å². The quantitative estimate of drug-likeness (QED) is 0.361. The highest BCUT2D eigenvalue weighted by Crippen LogP contribution is 2.26. The van der Waals surface area contributed by atoms with E-state index in [2.05, 4.69) is 30.7 Å². The number of carbonyl (C=O) groups excluding carboxylic acids is 2. The standard InChI is InChI=1S/C29H43N5O5/c1-5-7-13-33(14-8-6-2)27(35)25-21-34(15-9-12-32-18-16-31(3)17-19-32)26(30-25)23-11-10-22(29(38)39-4)20-24(23)28(36)37/h10-11,20-21H,5-9,12-19H2,1-4H3,(H,36,37). The number of esters is 1. The summed E-state index contributed by atoms with van der Waals surface area (Å²) in [4.78, 5) is 49.2. The minimum Gasteiger partial charge on any atom is -0.478 e. The van der Waals surface area contributed by atoms with E-state index in [1.54, 1.807) is 12.3 Å². The summed E-state index contributed by atoms with van der Waals surface area (Å²) in [5.74, 6) is -1.52. The molecule has 3 rings (SSSR count). The van der Waals surface area contributed by atoms with Gasteiger partial charge in [-0.15, -0.1) is 0 Å². The summed E-state index contributed by atoms with van der Waals surface area (Å²) < 4.78 is 6.66. The maximum atomic E-state index is 13.6. The van der Waals surface area contributed by atoms with Crippen LogP contribution in [0.3, 0.4) is 0 Å². The Labute approximate surface area is 231 Å². The number of carboxylic acids is 1. The molecule has 0 radical (unpaired) electrons. The van der Waals surface area contributed by atoms with Crippen molar-refractivity contribution >= 4 is 17.8 Å². The number of piperazine rings is 1. The van der Waals surface area contributed by atoms with Crippen LogP contribution in [-0.4, -0.2) is 107 Å². The summed E-state index contributed by atoms with van der Waals surface area (Å²) in [5.41, 5.74) is 0.762. The van der Waals surface area contributed by atoms with E-state index in [1.165, 1.54) is 19.2 Å². The number of unbranched alkanes of at least 4 members (excludes halogenated alkanes) is 2. The zero-order valence-corrected chi connectivity index (χ0v) is 23.8. The molecule has 1 amide bonds. The number of nitrogens with zero attached hydrogens (tertiary/aromatic N) is 5. The average molecular weight is 542 g/mol. The van der Waals surface area contributed by atoms with Crippen LogP contribution in [0.5, 0.6) is 0 Å². The molecule has 1 aliphatic rings. The van der Waals surface area contributed by atoms with Crippen molar-refractivity contribution in [2.75, 3.05) is 60.0 Å². The Morgan fingerprint density at radius 2 is 1.67 bits per heavy atom. The number of aromatic carboxylic acids is 1. The second kappa shape index (κ2) is 14.8. The summed E-state index contributed by atoms with van der Waals surface area (Å²) in [6.07, 6.45) is 6.37. The molecule has 1 aromatic heterocycles. The number of likely N-dealkylation sites (N-methyl/N-ethyl adjacent to an activating group) is 1. The molecule has 0 saturated carbocycles. The van der Waals surface area contributed by atoms with Gasteiger partial charge in [-0.1, -0.05) is 26.7 Å². The smallest absolute Gasteiger partial charge is 0.337 e. The van der Waals surface area contributed by atoms with Gasteiger partial charge in [-0.2, -0.15) is 0 Å². The molecular weight excluding hydrogens is 498 g/mol. The van der Waals surface area contributed by atoms with Gasteiger partial charge in [0.25, 0.3) is 5.91 Å². The molecule has 2 aromatic rings. The van der Waals surface area contributed by atoms with Crippen molar-refractivity contribution in [1.29, 1.82) is 0 Å². The monoisotopic (exact) mass is 541 g/mol. The molecule has 2 heterocycles. The van der Waals surface area contributed by atoms with Gasteiger partial charge in [-0.05, 0) is 51.1 Å². The Bertz CT molecular complexity index is 1120. The molecule has 1 N–H and O–H groups in total. The number of hydrogen-bond donors (Lipinski definition) is 1. The number of benzene rings is 1. The molecule has 0 bridgehead atoms. The van der Waals surface area contributed by atoms with Gasteiger partial charge in [0.2, 0.25) is 0 Å². The van der Waals surface area contributed by atoms with Gasteiger partial charge in [0.1, 0.15) is 11.5 Å². The third-order valence-corrected chi connectivity index (χ3v) is 7.23. The molecule has 0 aliphatic carbocycles. The van der Waals surface area contributed by atoms with Crippen molar-refractivity contribution in [3.05, 3.63) is 41.2 Å². The summed E-state index contributed by atoms with van der Waals surface area (Å²) >= 11 is 0. The third-order valence-electron chi connectivity index (χ3n) is 7.23. The number of carboxylic acid groups (broad SMARTS) is 1. The van der Waals surface area contributed by atoms with E-state index in [0.717, 1.165) is 64.8 Å². The van der Waals surface area contributed by atoms with E-state index in [9.17, 15) is 19.5 Å². The number of ether oxygens (including phenoxy) is 1. The van der Waals surface area contributed by atoms with Crippen LogP contribution in [-0.2, 0) is 11.3 Å². The zero-order valence-electron chi connectivity index (χ0n) is 23.8. The number of methoxy groups -OCH3 is 1. The van der Waals surface area contributed by atoms with Crippen molar-refractivity contribution in [2.24, 2.45) is 0 Å². The Balaban J connectivity index is 1.95. The van der Waals surface area contributed by atoms with Crippen molar-refractivity contribution in [3.8, 4) is 11.4 Å². The number of rotatable bonds is 14. The van der Waals surface area contributed by atoms with Crippen LogP contribution in [0.2, 0.25) is 0 Å². The van der Waals surface area contributed by atoms with E-state index < -0.39 is 11.9 Å². The molecule has 1 fully saturated rings. The predicted molar refractivity (Wildman–Crippen MR) is 150 cm³/mol. The maximum Gasteiger partial charge on any atom is 0.337 e. The predicted octanol–water partition coefficient (Wildman–Crippen LogP) is 3.71. The summed E-state index contributed by atoms with van der Waals surface area (Å²) in [6.45, 7) is 11.1. The van der Waals surface area contributed by atoms with Crippen LogP contribution in [0.1, 0.15) is 77.2 Å². The fourth-order valence-electron chi connectivity index (χ4n) is 4.78. The lowest BCUT2D eigenvalue weighted by Gasteiger charge is -2.32. The Kier molecular flexibility index (Phi) is 11.5. The first kappa shape index (κ1) is 30.3. The van der Waals surface area contributed by atoms with Crippen molar-refractivity contribution in [2.45, 2.75) is 52.5 Å². The van der Waals surface area contributed by atoms with Gasteiger partial charge in [-0.3, -0.25) is 4.79 Å². The zero-order chi connectivity index (χ0) is 28.4. The fourth-order valence-corrected chi connectivity index (χ4v) is 4.78. The molecule has 10 nitrogen and oxygen atoms in total.